The minimum absolute atomic E-state index is 0.307. The van der Waals surface area contributed by atoms with Crippen LogP contribution in [0.3, 0.4) is 0 Å². The number of para-hydroxylation sites is 2. The fraction of sp³-hybridized carbons (Fsp3) is 0.357. The Kier molecular flexibility index (Phi) is 13.5. The lowest BCUT2D eigenvalue weighted by Gasteiger charge is -2.15. The molecule has 0 radical (unpaired) electrons. The van der Waals surface area contributed by atoms with E-state index < -0.39 is 0 Å². The smallest absolute Gasteiger partial charge is 0.133 e. The number of benzene rings is 3. The van der Waals surface area contributed by atoms with Gasteiger partial charge in [0, 0.05) is 12.3 Å². The number of thioether (sulfide) groups is 1. The molecule has 0 unspecified atom stereocenters. The Balaban J connectivity index is 0.000000182. The lowest BCUT2D eigenvalue weighted by atomic mass is 10.3. The summed E-state index contributed by atoms with van der Waals surface area (Å²) in [6.07, 6.45) is 2.71. The van der Waals surface area contributed by atoms with E-state index in [1.54, 1.807) is 54.2 Å². The lowest BCUT2D eigenvalue weighted by molar-refractivity contribution is 0.238. The Labute approximate surface area is 208 Å². The second-order valence-electron chi connectivity index (χ2n) is 7.37. The zero-order chi connectivity index (χ0) is 24.4. The average Bonchev–Trinajstić information content (AvgIpc) is 3.41. The van der Waals surface area contributed by atoms with Gasteiger partial charge in [0.15, 0.2) is 0 Å². The van der Waals surface area contributed by atoms with Crippen molar-refractivity contribution in [3.8, 4) is 23.0 Å². The molecule has 6 heteroatoms. The molecule has 3 aromatic rings. The first kappa shape index (κ1) is 27.4. The van der Waals surface area contributed by atoms with Crippen molar-refractivity contribution in [1.29, 1.82) is 0 Å². The van der Waals surface area contributed by atoms with Crippen LogP contribution in [0.4, 0.5) is 0 Å². The minimum atomic E-state index is 0.307. The molecule has 34 heavy (non-hydrogen) atoms. The second-order valence-corrected chi connectivity index (χ2v) is 8.51. The van der Waals surface area contributed by atoms with Gasteiger partial charge in [-0.15, -0.1) is 11.8 Å². The van der Waals surface area contributed by atoms with Crippen molar-refractivity contribution in [3.63, 3.8) is 0 Å². The Hall–Kier alpha value is -2.83. The van der Waals surface area contributed by atoms with Gasteiger partial charge in [0.2, 0.25) is 0 Å². The molecule has 0 bridgehead atoms. The summed E-state index contributed by atoms with van der Waals surface area (Å²) in [5, 5.41) is 17.8. The molecular formula is C28H37NO4S. The Bertz CT molecular complexity index is 903. The molecule has 5 rings (SSSR count). The van der Waals surface area contributed by atoms with E-state index in [9.17, 15) is 0 Å². The van der Waals surface area contributed by atoms with Crippen LogP contribution in [0.5, 0.6) is 23.0 Å². The van der Waals surface area contributed by atoms with Crippen molar-refractivity contribution >= 4 is 11.8 Å². The first-order valence-corrected chi connectivity index (χ1v) is 12.9. The monoisotopic (exact) mass is 483 g/mol. The highest BCUT2D eigenvalue weighted by molar-refractivity contribution is 7.99. The van der Waals surface area contributed by atoms with Crippen LogP contribution >= 0.6 is 11.8 Å². The number of rotatable bonds is 4. The highest BCUT2D eigenvalue weighted by atomic mass is 32.2. The number of likely N-dealkylation sites (tertiary alicyclic amines) is 1. The van der Waals surface area contributed by atoms with Gasteiger partial charge in [-0.2, -0.15) is 0 Å². The largest absolute Gasteiger partial charge is 0.508 e. The molecule has 0 aliphatic carbocycles. The third-order valence-electron chi connectivity index (χ3n) is 4.90. The summed E-state index contributed by atoms with van der Waals surface area (Å²) in [6.45, 7) is 9.14. The third kappa shape index (κ3) is 10.9. The molecule has 3 aromatic carbocycles. The second kappa shape index (κ2) is 16.7. The summed E-state index contributed by atoms with van der Waals surface area (Å²) >= 11 is 1.72. The van der Waals surface area contributed by atoms with Crippen molar-refractivity contribution < 1.29 is 19.7 Å². The molecule has 184 valence electrons. The van der Waals surface area contributed by atoms with E-state index in [2.05, 4.69) is 4.90 Å². The highest BCUT2D eigenvalue weighted by Crippen LogP contribution is 2.35. The molecule has 0 spiro atoms. The molecule has 2 aliphatic heterocycles. The van der Waals surface area contributed by atoms with Crippen LogP contribution in [0, 0.1) is 0 Å². The zero-order valence-corrected chi connectivity index (χ0v) is 21.0. The van der Waals surface area contributed by atoms with Crippen LogP contribution < -0.4 is 9.47 Å². The summed E-state index contributed by atoms with van der Waals surface area (Å²) in [7, 11) is 0. The number of hydrogen-bond acceptors (Lipinski definition) is 6. The van der Waals surface area contributed by atoms with E-state index in [-0.39, 0.29) is 0 Å². The number of aromatic hydroxyl groups is 2. The standard InChI is InChI=1S/C12H17NO.C8H8O2S.C6H6O.C2H6/c1-2-6-12(7-3-1)14-11-10-13-8-4-5-9-13;9-6-1-2-7-8(5-6)11-4-3-10-7;7-6-4-2-1-3-5-6;1-2/h1-3,6-7H,4-5,8-11H2;1-2,5,9H,3-4H2;1-5,7H;1-2H3. The van der Waals surface area contributed by atoms with Gasteiger partial charge in [0.1, 0.15) is 29.6 Å². The molecule has 0 saturated carbocycles. The first-order chi connectivity index (χ1) is 16.7. The van der Waals surface area contributed by atoms with Crippen molar-refractivity contribution in [1.82, 2.24) is 4.90 Å². The van der Waals surface area contributed by atoms with E-state index in [4.69, 9.17) is 19.7 Å². The first-order valence-electron chi connectivity index (χ1n) is 11.9. The SMILES string of the molecule is CC.Oc1ccc2c(c1)SCCO2.Oc1ccccc1.c1ccc(OCCN2CCCC2)cc1. The van der Waals surface area contributed by atoms with Crippen LogP contribution in [0.15, 0.2) is 83.8 Å². The Morgan fingerprint density at radius 1 is 0.853 bits per heavy atom. The summed E-state index contributed by atoms with van der Waals surface area (Å²) < 4.78 is 11.0. The summed E-state index contributed by atoms with van der Waals surface area (Å²) in [5.74, 6) is 3.46. The van der Waals surface area contributed by atoms with Gasteiger partial charge < -0.3 is 19.7 Å². The van der Waals surface area contributed by atoms with E-state index in [0.717, 1.165) is 41.9 Å². The van der Waals surface area contributed by atoms with Gasteiger partial charge in [-0.05, 0) is 68.4 Å². The predicted molar refractivity (Wildman–Crippen MR) is 141 cm³/mol. The number of phenolic OH excluding ortho intramolecular Hbond substituents is 2. The molecule has 2 heterocycles. The van der Waals surface area contributed by atoms with Crippen LogP contribution in [0.1, 0.15) is 26.7 Å². The molecule has 2 N–H and O–H groups in total. The zero-order valence-electron chi connectivity index (χ0n) is 20.2. The molecule has 1 saturated heterocycles. The molecule has 0 aromatic heterocycles. The maximum atomic E-state index is 9.12. The maximum Gasteiger partial charge on any atom is 0.133 e. The molecule has 5 nitrogen and oxygen atoms in total. The van der Waals surface area contributed by atoms with Crippen molar-refractivity contribution in [2.24, 2.45) is 0 Å². The van der Waals surface area contributed by atoms with Crippen LogP contribution in [-0.4, -0.2) is 53.7 Å². The molecule has 1 fully saturated rings. The number of ether oxygens (including phenoxy) is 2. The predicted octanol–water partition coefficient (Wildman–Crippen LogP) is 6.46. The molecule has 2 aliphatic rings. The van der Waals surface area contributed by atoms with E-state index in [0.29, 0.717) is 11.5 Å². The van der Waals surface area contributed by atoms with Crippen molar-refractivity contribution in [3.05, 3.63) is 78.9 Å². The van der Waals surface area contributed by atoms with Gasteiger partial charge in [-0.25, -0.2) is 0 Å². The summed E-state index contributed by atoms with van der Waals surface area (Å²) in [6, 6.07) is 23.9. The molecule has 0 atom stereocenters. The Morgan fingerprint density at radius 2 is 1.50 bits per heavy atom. The fourth-order valence-corrected chi connectivity index (χ4v) is 4.14. The minimum Gasteiger partial charge on any atom is -0.508 e. The highest BCUT2D eigenvalue weighted by Gasteiger charge is 2.11. The number of hydrogen-bond donors (Lipinski definition) is 2. The third-order valence-corrected chi connectivity index (χ3v) is 5.90. The van der Waals surface area contributed by atoms with Gasteiger partial charge in [-0.1, -0.05) is 50.2 Å². The fourth-order valence-electron chi connectivity index (χ4n) is 3.28. The number of nitrogens with zero attached hydrogens (tertiary/aromatic N) is 1. The van der Waals surface area contributed by atoms with E-state index in [1.165, 1.54) is 25.9 Å². The van der Waals surface area contributed by atoms with E-state index >= 15 is 0 Å². The molecular weight excluding hydrogens is 446 g/mol. The topological polar surface area (TPSA) is 62.2 Å². The maximum absolute atomic E-state index is 9.12. The van der Waals surface area contributed by atoms with Gasteiger partial charge >= 0.3 is 0 Å². The van der Waals surface area contributed by atoms with Crippen molar-refractivity contribution in [2.45, 2.75) is 31.6 Å². The lowest BCUT2D eigenvalue weighted by Crippen LogP contribution is -2.25. The van der Waals surface area contributed by atoms with Crippen LogP contribution in [0.25, 0.3) is 0 Å². The van der Waals surface area contributed by atoms with Gasteiger partial charge in [0.05, 0.1) is 11.5 Å². The summed E-state index contributed by atoms with van der Waals surface area (Å²) in [5.41, 5.74) is 0. The van der Waals surface area contributed by atoms with Crippen LogP contribution in [0.2, 0.25) is 0 Å². The molecule has 0 amide bonds. The van der Waals surface area contributed by atoms with Crippen LogP contribution in [-0.2, 0) is 0 Å². The average molecular weight is 484 g/mol. The Morgan fingerprint density at radius 3 is 2.12 bits per heavy atom. The van der Waals surface area contributed by atoms with Gasteiger partial charge in [-0.3, -0.25) is 4.90 Å². The van der Waals surface area contributed by atoms with Crippen molar-refractivity contribution in [2.75, 3.05) is 38.6 Å². The summed E-state index contributed by atoms with van der Waals surface area (Å²) in [4.78, 5) is 3.50. The number of fused-ring (bicyclic) bond motifs is 1. The normalized spacial score (nSPS) is 13.9. The van der Waals surface area contributed by atoms with Gasteiger partial charge in [0.25, 0.3) is 0 Å². The van der Waals surface area contributed by atoms with E-state index in [1.807, 2.05) is 50.2 Å². The number of phenols is 2. The quantitative estimate of drug-likeness (QED) is 0.444.